The summed E-state index contributed by atoms with van der Waals surface area (Å²) in [4.78, 5) is 41.2. The highest BCUT2D eigenvalue weighted by atomic mass is 16.5. The Morgan fingerprint density at radius 1 is 1.07 bits per heavy atom. The van der Waals surface area contributed by atoms with E-state index in [-0.39, 0.29) is 43.1 Å². The van der Waals surface area contributed by atoms with Crippen molar-refractivity contribution in [3.8, 4) is 11.5 Å². The van der Waals surface area contributed by atoms with Crippen LogP contribution in [0.15, 0.2) is 36.4 Å². The molecule has 214 valence electrons. The van der Waals surface area contributed by atoms with E-state index in [0.717, 1.165) is 18.4 Å². The molecule has 1 saturated heterocycles. The maximum atomic E-state index is 12.3. The number of hydrogen-bond donors (Lipinski definition) is 1. The number of aliphatic carboxylic acids is 1. The van der Waals surface area contributed by atoms with Crippen molar-refractivity contribution >= 4 is 17.9 Å². The fourth-order valence-corrected chi connectivity index (χ4v) is 6.10. The molecule has 2 aromatic carbocycles. The summed E-state index contributed by atoms with van der Waals surface area (Å²) in [5, 5.41) is 9.49. The number of carboxylic acids is 1. The first-order valence-electron chi connectivity index (χ1n) is 14.2. The molecule has 0 bridgehead atoms. The first-order valence-corrected chi connectivity index (χ1v) is 14.2. The van der Waals surface area contributed by atoms with Crippen LogP contribution in [0.1, 0.15) is 60.9 Å². The van der Waals surface area contributed by atoms with Crippen LogP contribution in [0.4, 0.5) is 4.79 Å². The smallest absolute Gasteiger partial charge is 0.326 e. The topological polar surface area (TPSA) is 99.6 Å². The van der Waals surface area contributed by atoms with E-state index in [1.807, 2.05) is 18.2 Å². The lowest BCUT2D eigenvalue weighted by molar-refractivity contribution is -0.147. The summed E-state index contributed by atoms with van der Waals surface area (Å²) in [6.07, 6.45) is 5.07. The number of amides is 3. The maximum Gasteiger partial charge on any atom is 0.326 e. The zero-order valence-corrected chi connectivity index (χ0v) is 23.6. The molecule has 2 fully saturated rings. The second-order valence-corrected chi connectivity index (χ2v) is 11.2. The van der Waals surface area contributed by atoms with Gasteiger partial charge in [-0.3, -0.25) is 19.4 Å². The van der Waals surface area contributed by atoms with Crippen molar-refractivity contribution in [2.45, 2.75) is 64.1 Å². The van der Waals surface area contributed by atoms with Gasteiger partial charge in [-0.05, 0) is 73.4 Å². The monoisotopic (exact) mass is 549 g/mol. The highest BCUT2D eigenvalue weighted by molar-refractivity contribution is 5.96. The van der Waals surface area contributed by atoms with Crippen LogP contribution in [-0.4, -0.2) is 77.6 Å². The van der Waals surface area contributed by atoms with Gasteiger partial charge in [0.05, 0.1) is 19.6 Å². The molecule has 9 heteroatoms. The number of ether oxygens (including phenoxy) is 2. The van der Waals surface area contributed by atoms with Gasteiger partial charge in [-0.2, -0.15) is 0 Å². The minimum atomic E-state index is -0.718. The highest BCUT2D eigenvalue weighted by Crippen LogP contribution is 2.39. The lowest BCUT2D eigenvalue weighted by Crippen LogP contribution is -2.51. The Morgan fingerprint density at radius 2 is 1.85 bits per heavy atom. The quantitative estimate of drug-likeness (QED) is 0.447. The number of carbonyl (C=O) groups excluding carboxylic acids is 2. The van der Waals surface area contributed by atoms with Crippen LogP contribution in [0.3, 0.4) is 0 Å². The number of carbonyl (C=O) groups is 3. The van der Waals surface area contributed by atoms with Gasteiger partial charge in [0, 0.05) is 38.6 Å². The van der Waals surface area contributed by atoms with Crippen LogP contribution >= 0.6 is 0 Å². The second kappa shape index (κ2) is 11.9. The molecule has 0 radical (unpaired) electrons. The van der Waals surface area contributed by atoms with E-state index in [1.165, 1.54) is 32.9 Å². The van der Waals surface area contributed by atoms with Gasteiger partial charge in [0.25, 0.3) is 0 Å². The summed E-state index contributed by atoms with van der Waals surface area (Å²) in [6, 6.07) is 12.6. The number of fused-ring (bicyclic) bond motifs is 1. The second-order valence-electron chi connectivity index (χ2n) is 11.2. The van der Waals surface area contributed by atoms with Crippen molar-refractivity contribution in [3.63, 3.8) is 0 Å². The third kappa shape index (κ3) is 5.80. The molecule has 0 unspecified atom stereocenters. The van der Waals surface area contributed by atoms with Crippen molar-refractivity contribution in [3.05, 3.63) is 58.7 Å². The number of urea groups is 1. The molecular weight excluding hydrogens is 510 g/mol. The lowest BCUT2D eigenvalue weighted by Gasteiger charge is -2.44. The average Bonchev–Trinajstić information content (AvgIpc) is 3.39. The maximum absolute atomic E-state index is 12.3. The number of carboxylic acid groups (broad SMARTS) is 1. The van der Waals surface area contributed by atoms with E-state index < -0.39 is 5.97 Å². The molecule has 3 aliphatic rings. The molecule has 40 heavy (non-hydrogen) atoms. The van der Waals surface area contributed by atoms with Crippen LogP contribution in [0.25, 0.3) is 0 Å². The number of methoxy groups -OCH3 is 1. The van der Waals surface area contributed by atoms with E-state index in [0.29, 0.717) is 43.9 Å². The summed E-state index contributed by atoms with van der Waals surface area (Å²) in [5.41, 5.74) is 5.18. The largest absolute Gasteiger partial charge is 0.493 e. The van der Waals surface area contributed by atoms with E-state index >= 15 is 0 Å². The fraction of sp³-hybridized carbons (Fsp3) is 0.516. The molecular formula is C31H39N3O6. The van der Waals surface area contributed by atoms with E-state index in [9.17, 15) is 19.5 Å². The average molecular weight is 550 g/mol. The van der Waals surface area contributed by atoms with Gasteiger partial charge >= 0.3 is 12.0 Å². The third-order valence-electron chi connectivity index (χ3n) is 8.72. The summed E-state index contributed by atoms with van der Waals surface area (Å²) >= 11 is 0. The van der Waals surface area contributed by atoms with Gasteiger partial charge in [-0.1, -0.05) is 24.3 Å². The molecule has 2 aliphatic carbocycles. The van der Waals surface area contributed by atoms with Gasteiger partial charge in [0.2, 0.25) is 5.91 Å². The Morgan fingerprint density at radius 3 is 2.60 bits per heavy atom. The molecule has 0 aromatic heterocycles. The number of hydrogen-bond acceptors (Lipinski definition) is 6. The predicted octanol–water partition coefficient (Wildman–Crippen LogP) is 4.27. The first kappa shape index (κ1) is 28.0. The lowest BCUT2D eigenvalue weighted by atomic mass is 9.78. The summed E-state index contributed by atoms with van der Waals surface area (Å²) < 4.78 is 11.6. The molecule has 2 aromatic rings. The Balaban J connectivity index is 1.28. The van der Waals surface area contributed by atoms with Gasteiger partial charge in [0.15, 0.2) is 11.5 Å². The van der Waals surface area contributed by atoms with Crippen LogP contribution in [0, 0.1) is 5.92 Å². The number of benzene rings is 2. The minimum Gasteiger partial charge on any atom is -0.493 e. The van der Waals surface area contributed by atoms with Crippen molar-refractivity contribution in [1.82, 2.24) is 14.7 Å². The number of rotatable bonds is 11. The van der Waals surface area contributed by atoms with Crippen LogP contribution in [0.2, 0.25) is 0 Å². The normalized spacial score (nSPS) is 21.3. The predicted molar refractivity (Wildman–Crippen MR) is 149 cm³/mol. The van der Waals surface area contributed by atoms with Gasteiger partial charge < -0.3 is 19.5 Å². The Bertz CT molecular complexity index is 1270. The summed E-state index contributed by atoms with van der Waals surface area (Å²) in [5.74, 6) is -0.0715. The summed E-state index contributed by atoms with van der Waals surface area (Å²) in [7, 11) is 3.28. The zero-order chi connectivity index (χ0) is 28.4. The molecule has 9 nitrogen and oxygen atoms in total. The van der Waals surface area contributed by atoms with E-state index in [1.54, 1.807) is 14.2 Å². The number of imide groups is 1. The SMILES string of the molecule is COc1cc(CN(C2CC(C(=O)O)C2)[C@H](C)c2ccc3c(c2)CCC3)ccc1OCCN1C(=O)CCN(C)C1=O. The molecule has 1 atom stereocenters. The van der Waals surface area contributed by atoms with Crippen LogP contribution in [-0.2, 0) is 29.0 Å². The van der Waals surface area contributed by atoms with Crippen LogP contribution in [0.5, 0.6) is 11.5 Å². The fourth-order valence-electron chi connectivity index (χ4n) is 6.10. The Hall–Kier alpha value is -3.59. The van der Waals surface area contributed by atoms with Crippen molar-refractivity contribution in [1.29, 1.82) is 0 Å². The number of aryl methyl sites for hydroxylation is 2. The number of nitrogens with zero attached hydrogens (tertiary/aromatic N) is 3. The van der Waals surface area contributed by atoms with Crippen molar-refractivity contribution < 1.29 is 29.0 Å². The van der Waals surface area contributed by atoms with E-state index in [2.05, 4.69) is 30.0 Å². The Kier molecular flexibility index (Phi) is 8.30. The molecule has 1 aliphatic heterocycles. The standard InChI is InChI=1S/C31H39N3O6/c1-20(23-9-8-22-5-4-6-24(22)16-23)34(26-17-25(18-26)30(36)37)19-21-7-10-27(28(15-21)39-3)40-14-13-33-29(35)11-12-32(2)31(33)38/h7-10,15-16,20,25-26H,4-6,11-14,17-19H2,1-3H3,(H,36,37)/t20-,25?,26?/m1/s1. The van der Waals surface area contributed by atoms with Gasteiger partial charge in [-0.15, -0.1) is 0 Å². The third-order valence-corrected chi connectivity index (χ3v) is 8.72. The van der Waals surface area contributed by atoms with Crippen molar-refractivity contribution in [2.75, 3.05) is 33.9 Å². The minimum absolute atomic E-state index is 0.130. The van der Waals surface area contributed by atoms with E-state index in [4.69, 9.17) is 9.47 Å². The molecule has 3 amide bonds. The molecule has 0 spiro atoms. The summed E-state index contributed by atoms with van der Waals surface area (Å²) in [6.45, 7) is 3.63. The van der Waals surface area contributed by atoms with Gasteiger partial charge in [-0.25, -0.2) is 4.79 Å². The van der Waals surface area contributed by atoms with Crippen molar-refractivity contribution in [2.24, 2.45) is 5.92 Å². The first-order chi connectivity index (χ1) is 19.2. The molecule has 1 saturated carbocycles. The molecule has 5 rings (SSSR count). The zero-order valence-electron chi connectivity index (χ0n) is 23.6. The molecule has 1 heterocycles. The van der Waals surface area contributed by atoms with Crippen LogP contribution < -0.4 is 9.47 Å². The Labute approximate surface area is 235 Å². The highest BCUT2D eigenvalue weighted by Gasteiger charge is 2.40. The molecule has 1 N–H and O–H groups in total. The van der Waals surface area contributed by atoms with Gasteiger partial charge in [0.1, 0.15) is 6.61 Å².